The van der Waals surface area contributed by atoms with E-state index in [1.54, 1.807) is 49.4 Å². The third-order valence-electron chi connectivity index (χ3n) is 4.85. The summed E-state index contributed by atoms with van der Waals surface area (Å²) >= 11 is 0. The Morgan fingerprint density at radius 2 is 1.61 bits per heavy atom. The van der Waals surface area contributed by atoms with Crippen LogP contribution in [0, 0.1) is 10.1 Å². The predicted molar refractivity (Wildman–Crippen MR) is 139 cm³/mol. The molecule has 0 aliphatic rings. The van der Waals surface area contributed by atoms with Crippen LogP contribution in [-0.2, 0) is 4.79 Å². The Kier molecular flexibility index (Phi) is 10.2. The van der Waals surface area contributed by atoms with Crippen molar-refractivity contribution in [3.8, 4) is 23.0 Å². The number of nitro benzene ring substituents is 1. The lowest BCUT2D eigenvalue weighted by Gasteiger charge is -2.12. The largest absolute Gasteiger partial charge is 0.494 e. The summed E-state index contributed by atoms with van der Waals surface area (Å²) in [6.45, 7) is 4.41. The zero-order valence-corrected chi connectivity index (χ0v) is 20.9. The summed E-state index contributed by atoms with van der Waals surface area (Å²) in [5, 5.41) is 14.6. The average Bonchev–Trinajstić information content (AvgIpc) is 2.92. The highest BCUT2D eigenvalue weighted by atomic mass is 16.6. The van der Waals surface area contributed by atoms with Crippen molar-refractivity contribution in [1.29, 1.82) is 0 Å². The van der Waals surface area contributed by atoms with Gasteiger partial charge in [-0.15, -0.1) is 0 Å². The lowest BCUT2D eigenvalue weighted by atomic mass is 10.2. The normalized spacial score (nSPS) is 10.6. The minimum atomic E-state index is -0.547. The number of nitrogens with zero attached hydrogens (tertiary/aromatic N) is 2. The molecule has 11 nitrogen and oxygen atoms in total. The summed E-state index contributed by atoms with van der Waals surface area (Å²) in [7, 11) is 0. The molecule has 3 rings (SSSR count). The smallest absolute Gasteiger partial charge is 0.343 e. The number of carbonyl (C=O) groups is 2. The van der Waals surface area contributed by atoms with Gasteiger partial charge in [-0.05, 0) is 73.5 Å². The standard InChI is InChI=1S/C27H27N3O8/c1-3-15-36-22-10-6-20(7-11-22)27(32)38-24-14-5-19(16-25(24)35-4-2)17-28-29-26(31)18-37-23-12-8-21(9-13-23)30(33)34/h5-14,16-17H,3-4,15,18H2,1-2H3,(H,29,31). The van der Waals surface area contributed by atoms with Crippen LogP contribution in [0.2, 0.25) is 0 Å². The average molecular weight is 522 g/mol. The maximum atomic E-state index is 12.6. The van der Waals surface area contributed by atoms with Crippen molar-refractivity contribution < 1.29 is 33.5 Å². The van der Waals surface area contributed by atoms with Gasteiger partial charge in [0.1, 0.15) is 11.5 Å². The van der Waals surface area contributed by atoms with E-state index in [-0.39, 0.29) is 18.0 Å². The first-order valence-electron chi connectivity index (χ1n) is 11.8. The molecule has 0 atom stereocenters. The fourth-order valence-electron chi connectivity index (χ4n) is 3.05. The number of amides is 1. The molecule has 0 aliphatic heterocycles. The number of hydrogen-bond acceptors (Lipinski definition) is 9. The van der Waals surface area contributed by atoms with Crippen LogP contribution in [0.5, 0.6) is 23.0 Å². The zero-order chi connectivity index (χ0) is 27.3. The molecule has 0 aliphatic carbocycles. The molecule has 0 radical (unpaired) electrons. The number of rotatable bonds is 13. The van der Waals surface area contributed by atoms with Crippen LogP contribution in [0.4, 0.5) is 5.69 Å². The molecule has 0 unspecified atom stereocenters. The first-order chi connectivity index (χ1) is 18.4. The van der Waals surface area contributed by atoms with Gasteiger partial charge in [-0.25, -0.2) is 10.2 Å². The Morgan fingerprint density at radius 1 is 0.921 bits per heavy atom. The first kappa shape index (κ1) is 27.7. The monoisotopic (exact) mass is 521 g/mol. The summed E-state index contributed by atoms with van der Waals surface area (Å²) in [6.07, 6.45) is 2.28. The van der Waals surface area contributed by atoms with Crippen LogP contribution in [0.3, 0.4) is 0 Å². The van der Waals surface area contributed by atoms with Gasteiger partial charge in [-0.3, -0.25) is 14.9 Å². The lowest BCUT2D eigenvalue weighted by molar-refractivity contribution is -0.384. The van der Waals surface area contributed by atoms with Crippen molar-refractivity contribution in [2.75, 3.05) is 19.8 Å². The quantitative estimate of drug-likeness (QED) is 0.114. The van der Waals surface area contributed by atoms with Crippen LogP contribution in [0.15, 0.2) is 71.8 Å². The van der Waals surface area contributed by atoms with Gasteiger partial charge < -0.3 is 18.9 Å². The second-order valence-corrected chi connectivity index (χ2v) is 7.73. The molecule has 198 valence electrons. The Morgan fingerprint density at radius 3 is 2.26 bits per heavy atom. The second-order valence-electron chi connectivity index (χ2n) is 7.73. The van der Waals surface area contributed by atoms with Crippen molar-refractivity contribution in [3.05, 3.63) is 88.0 Å². The van der Waals surface area contributed by atoms with E-state index in [2.05, 4.69) is 10.5 Å². The van der Waals surface area contributed by atoms with E-state index in [4.69, 9.17) is 18.9 Å². The van der Waals surface area contributed by atoms with Crippen LogP contribution in [0.1, 0.15) is 36.2 Å². The molecular formula is C27H27N3O8. The Hall–Kier alpha value is -4.93. The van der Waals surface area contributed by atoms with Crippen LogP contribution < -0.4 is 24.4 Å². The number of hydrogen-bond donors (Lipinski definition) is 1. The minimum Gasteiger partial charge on any atom is -0.494 e. The van der Waals surface area contributed by atoms with E-state index < -0.39 is 16.8 Å². The fourth-order valence-corrected chi connectivity index (χ4v) is 3.05. The molecule has 3 aromatic rings. The molecule has 0 spiro atoms. The number of nitro groups is 1. The summed E-state index contributed by atoms with van der Waals surface area (Å²) in [4.78, 5) is 34.7. The molecule has 0 heterocycles. The summed E-state index contributed by atoms with van der Waals surface area (Å²) in [6, 6.07) is 16.9. The summed E-state index contributed by atoms with van der Waals surface area (Å²) < 4.78 is 21.9. The molecule has 1 N–H and O–H groups in total. The number of nitrogens with one attached hydrogen (secondary N) is 1. The van der Waals surface area contributed by atoms with Gasteiger partial charge in [0.05, 0.1) is 29.9 Å². The molecule has 11 heteroatoms. The molecular weight excluding hydrogens is 494 g/mol. The predicted octanol–water partition coefficient (Wildman–Crippen LogP) is 4.53. The van der Waals surface area contributed by atoms with Gasteiger partial charge in [0, 0.05) is 12.1 Å². The van der Waals surface area contributed by atoms with E-state index in [0.717, 1.165) is 6.42 Å². The maximum Gasteiger partial charge on any atom is 0.343 e. The third kappa shape index (κ3) is 8.33. The molecule has 0 saturated carbocycles. The molecule has 0 bridgehead atoms. The Balaban J connectivity index is 1.56. The second kappa shape index (κ2) is 14.0. The van der Waals surface area contributed by atoms with Crippen LogP contribution in [0.25, 0.3) is 0 Å². The van der Waals surface area contributed by atoms with Gasteiger partial charge >= 0.3 is 5.97 Å². The first-order valence-corrected chi connectivity index (χ1v) is 11.8. The van der Waals surface area contributed by atoms with Gasteiger partial charge in [-0.1, -0.05) is 6.92 Å². The van der Waals surface area contributed by atoms with Gasteiger partial charge in [-0.2, -0.15) is 5.10 Å². The fraction of sp³-hybridized carbons (Fsp3) is 0.222. The number of esters is 1. The molecule has 0 fully saturated rings. The van der Waals surface area contributed by atoms with E-state index in [9.17, 15) is 19.7 Å². The van der Waals surface area contributed by atoms with Crippen molar-refractivity contribution in [3.63, 3.8) is 0 Å². The molecule has 1 amide bonds. The Labute approximate surface area is 219 Å². The van der Waals surface area contributed by atoms with E-state index in [0.29, 0.717) is 41.6 Å². The van der Waals surface area contributed by atoms with E-state index in [1.807, 2.05) is 6.92 Å². The molecule has 3 aromatic carbocycles. The maximum absolute atomic E-state index is 12.6. The van der Waals surface area contributed by atoms with Crippen LogP contribution >= 0.6 is 0 Å². The minimum absolute atomic E-state index is 0.0785. The van der Waals surface area contributed by atoms with Crippen molar-refractivity contribution >= 4 is 23.8 Å². The summed E-state index contributed by atoms with van der Waals surface area (Å²) in [5.41, 5.74) is 3.20. The van der Waals surface area contributed by atoms with Gasteiger partial charge in [0.15, 0.2) is 18.1 Å². The third-order valence-corrected chi connectivity index (χ3v) is 4.85. The highest BCUT2D eigenvalue weighted by molar-refractivity contribution is 5.92. The van der Waals surface area contributed by atoms with E-state index >= 15 is 0 Å². The zero-order valence-electron chi connectivity index (χ0n) is 20.9. The van der Waals surface area contributed by atoms with Crippen molar-refractivity contribution in [2.24, 2.45) is 5.10 Å². The van der Waals surface area contributed by atoms with Crippen LogP contribution in [-0.4, -0.2) is 42.8 Å². The lowest BCUT2D eigenvalue weighted by Crippen LogP contribution is -2.24. The van der Waals surface area contributed by atoms with E-state index in [1.165, 1.54) is 30.5 Å². The Bertz CT molecular complexity index is 1270. The molecule has 0 aromatic heterocycles. The number of carbonyl (C=O) groups excluding carboxylic acids is 2. The highest BCUT2D eigenvalue weighted by Gasteiger charge is 2.14. The number of non-ortho nitro benzene ring substituents is 1. The van der Waals surface area contributed by atoms with Crippen molar-refractivity contribution in [1.82, 2.24) is 5.43 Å². The number of hydrazone groups is 1. The molecule has 0 saturated heterocycles. The highest BCUT2D eigenvalue weighted by Crippen LogP contribution is 2.29. The topological polar surface area (TPSA) is 139 Å². The summed E-state index contributed by atoms with van der Waals surface area (Å²) in [5.74, 6) is 0.478. The molecule has 38 heavy (non-hydrogen) atoms. The number of ether oxygens (including phenoxy) is 4. The SMILES string of the molecule is CCCOc1ccc(C(=O)Oc2ccc(C=NNC(=O)COc3ccc([N+](=O)[O-])cc3)cc2OCC)cc1. The number of benzene rings is 3. The van der Waals surface area contributed by atoms with Gasteiger partial charge in [0.2, 0.25) is 0 Å². The van der Waals surface area contributed by atoms with Crippen molar-refractivity contribution in [2.45, 2.75) is 20.3 Å². The van der Waals surface area contributed by atoms with Gasteiger partial charge in [0.25, 0.3) is 11.6 Å².